The molecule has 2 saturated heterocycles. The van der Waals surface area contributed by atoms with E-state index in [2.05, 4.69) is 29.2 Å². The molecule has 5 rings (SSSR count). The van der Waals surface area contributed by atoms with Crippen LogP contribution in [-0.2, 0) is 9.53 Å². The Morgan fingerprint density at radius 1 is 1.00 bits per heavy atom. The van der Waals surface area contributed by atoms with E-state index in [1.807, 2.05) is 37.3 Å². The van der Waals surface area contributed by atoms with Crippen molar-refractivity contribution in [3.63, 3.8) is 0 Å². The molecular formula is C22H23NO3. The fourth-order valence-corrected chi connectivity index (χ4v) is 4.93. The van der Waals surface area contributed by atoms with E-state index in [-0.39, 0.29) is 11.8 Å². The number of hydrogen-bond acceptors (Lipinski definition) is 3. The van der Waals surface area contributed by atoms with Gasteiger partial charge in [0.05, 0.1) is 24.0 Å². The summed E-state index contributed by atoms with van der Waals surface area (Å²) in [6.45, 7) is 5.78. The molecule has 1 N–H and O–H groups in total. The standard InChI is InChI=1S/C22H23NO3/c1-21(20(24)25)18(15-5-3-2-4-6-15)19(21)16-7-9-17(10-8-16)23-11-22(12-23)13-26-14-22/h2-10,18-19H,11-14H2,1H3,(H,24,25)/t18-,19-,21+/m0/s1. The second-order valence-electron chi connectivity index (χ2n) is 8.39. The van der Waals surface area contributed by atoms with Crippen molar-refractivity contribution in [3.8, 4) is 0 Å². The zero-order chi connectivity index (χ0) is 17.9. The lowest BCUT2D eigenvalue weighted by Gasteiger charge is -2.56. The van der Waals surface area contributed by atoms with Crippen molar-refractivity contribution in [3.05, 3.63) is 65.7 Å². The van der Waals surface area contributed by atoms with Crippen LogP contribution in [0.1, 0.15) is 29.9 Å². The van der Waals surface area contributed by atoms with E-state index in [0.717, 1.165) is 37.4 Å². The molecule has 4 heteroatoms. The van der Waals surface area contributed by atoms with Gasteiger partial charge in [-0.05, 0) is 30.2 Å². The second kappa shape index (κ2) is 5.34. The topological polar surface area (TPSA) is 49.8 Å². The summed E-state index contributed by atoms with van der Waals surface area (Å²) >= 11 is 0. The summed E-state index contributed by atoms with van der Waals surface area (Å²) in [5, 5.41) is 9.84. The number of anilines is 1. The van der Waals surface area contributed by atoms with E-state index in [9.17, 15) is 9.90 Å². The minimum absolute atomic E-state index is 0.0271. The molecule has 1 saturated carbocycles. The molecule has 2 aromatic carbocycles. The third-order valence-electron chi connectivity index (χ3n) is 6.62. The first-order valence-corrected chi connectivity index (χ1v) is 9.25. The van der Waals surface area contributed by atoms with Gasteiger partial charge in [0.15, 0.2) is 0 Å². The van der Waals surface area contributed by atoms with Crippen LogP contribution < -0.4 is 4.90 Å². The van der Waals surface area contributed by atoms with Gasteiger partial charge in [0.2, 0.25) is 0 Å². The average molecular weight is 349 g/mol. The van der Waals surface area contributed by atoms with Crippen molar-refractivity contribution in [2.45, 2.75) is 18.8 Å². The lowest BCUT2D eigenvalue weighted by Crippen LogP contribution is -2.66. The van der Waals surface area contributed by atoms with Gasteiger partial charge in [-0.1, -0.05) is 42.5 Å². The Kier molecular flexibility index (Phi) is 3.26. The number of carbonyl (C=O) groups is 1. The van der Waals surface area contributed by atoms with Crippen LogP contribution in [0.2, 0.25) is 0 Å². The Bertz CT molecular complexity index is 835. The zero-order valence-corrected chi connectivity index (χ0v) is 14.9. The molecule has 0 amide bonds. The monoisotopic (exact) mass is 349 g/mol. The van der Waals surface area contributed by atoms with Crippen LogP contribution in [0.15, 0.2) is 54.6 Å². The van der Waals surface area contributed by atoms with Crippen LogP contribution in [0, 0.1) is 10.8 Å². The molecule has 4 nitrogen and oxygen atoms in total. The summed E-state index contributed by atoms with van der Waals surface area (Å²) in [5.41, 5.74) is 3.12. The second-order valence-corrected chi connectivity index (χ2v) is 8.39. The van der Waals surface area contributed by atoms with Gasteiger partial charge in [-0.25, -0.2) is 0 Å². The van der Waals surface area contributed by atoms with Crippen molar-refractivity contribution in [1.82, 2.24) is 0 Å². The molecule has 0 unspecified atom stereocenters. The van der Waals surface area contributed by atoms with Crippen LogP contribution in [0.3, 0.4) is 0 Å². The molecular weight excluding hydrogens is 326 g/mol. The molecule has 0 bridgehead atoms. The number of nitrogens with zero attached hydrogens (tertiary/aromatic N) is 1. The van der Waals surface area contributed by atoms with Gasteiger partial charge >= 0.3 is 5.97 Å². The predicted molar refractivity (Wildman–Crippen MR) is 99.6 cm³/mol. The number of carboxylic acids is 1. The number of carboxylic acid groups (broad SMARTS) is 1. The highest BCUT2D eigenvalue weighted by molar-refractivity contribution is 5.83. The molecule has 134 valence electrons. The molecule has 2 heterocycles. The quantitative estimate of drug-likeness (QED) is 0.918. The van der Waals surface area contributed by atoms with E-state index in [0.29, 0.717) is 5.41 Å². The van der Waals surface area contributed by atoms with E-state index < -0.39 is 11.4 Å². The molecule has 3 atom stereocenters. The molecule has 1 spiro atoms. The van der Waals surface area contributed by atoms with Gasteiger partial charge in [-0.3, -0.25) is 4.79 Å². The first-order chi connectivity index (χ1) is 12.5. The fourth-order valence-electron chi connectivity index (χ4n) is 4.93. The Morgan fingerprint density at radius 3 is 2.08 bits per heavy atom. The van der Waals surface area contributed by atoms with Gasteiger partial charge in [-0.2, -0.15) is 0 Å². The first kappa shape index (κ1) is 15.9. The van der Waals surface area contributed by atoms with Crippen molar-refractivity contribution < 1.29 is 14.6 Å². The highest BCUT2D eigenvalue weighted by atomic mass is 16.5. The molecule has 2 aliphatic heterocycles. The summed E-state index contributed by atoms with van der Waals surface area (Å²) < 4.78 is 5.34. The summed E-state index contributed by atoms with van der Waals surface area (Å²) in [4.78, 5) is 14.4. The van der Waals surface area contributed by atoms with E-state index in [1.165, 1.54) is 5.69 Å². The van der Waals surface area contributed by atoms with Gasteiger partial charge in [0.25, 0.3) is 0 Å². The number of hydrogen-bond donors (Lipinski definition) is 1. The van der Waals surface area contributed by atoms with Crippen LogP contribution in [0.25, 0.3) is 0 Å². The smallest absolute Gasteiger partial charge is 0.310 e. The lowest BCUT2D eigenvalue weighted by molar-refractivity contribution is -0.143. The molecule has 3 aliphatic rings. The summed E-state index contributed by atoms with van der Waals surface area (Å²) in [6, 6.07) is 18.6. The van der Waals surface area contributed by atoms with Crippen molar-refractivity contribution in [2.24, 2.45) is 10.8 Å². The van der Waals surface area contributed by atoms with Gasteiger partial charge < -0.3 is 14.7 Å². The van der Waals surface area contributed by atoms with Gasteiger partial charge in [0.1, 0.15) is 0 Å². The molecule has 26 heavy (non-hydrogen) atoms. The fraction of sp³-hybridized carbons (Fsp3) is 0.409. The Balaban J connectivity index is 1.38. The largest absolute Gasteiger partial charge is 0.481 e. The van der Waals surface area contributed by atoms with Crippen molar-refractivity contribution >= 4 is 11.7 Å². The first-order valence-electron chi connectivity index (χ1n) is 9.25. The maximum atomic E-state index is 12.0. The number of benzene rings is 2. The van der Waals surface area contributed by atoms with E-state index in [1.54, 1.807) is 0 Å². The van der Waals surface area contributed by atoms with E-state index >= 15 is 0 Å². The molecule has 0 radical (unpaired) electrons. The lowest BCUT2D eigenvalue weighted by atomic mass is 9.78. The Hall–Kier alpha value is -2.33. The maximum Gasteiger partial charge on any atom is 0.310 e. The van der Waals surface area contributed by atoms with E-state index in [4.69, 9.17) is 4.74 Å². The van der Waals surface area contributed by atoms with Crippen LogP contribution >= 0.6 is 0 Å². The molecule has 1 aliphatic carbocycles. The number of rotatable bonds is 4. The molecule has 0 aromatic heterocycles. The zero-order valence-electron chi connectivity index (χ0n) is 14.9. The summed E-state index contributed by atoms with van der Waals surface area (Å²) in [5.74, 6) is -0.652. The Morgan fingerprint density at radius 2 is 1.58 bits per heavy atom. The summed E-state index contributed by atoms with van der Waals surface area (Å²) in [7, 11) is 0. The van der Waals surface area contributed by atoms with Crippen LogP contribution in [0.5, 0.6) is 0 Å². The van der Waals surface area contributed by atoms with Crippen LogP contribution in [-0.4, -0.2) is 37.4 Å². The normalized spacial score (nSPS) is 31.2. The predicted octanol–water partition coefficient (Wildman–Crippen LogP) is 3.50. The van der Waals surface area contributed by atoms with Crippen molar-refractivity contribution in [1.29, 1.82) is 0 Å². The maximum absolute atomic E-state index is 12.0. The van der Waals surface area contributed by atoms with Gasteiger partial charge in [-0.15, -0.1) is 0 Å². The highest BCUT2D eigenvalue weighted by Gasteiger charge is 2.67. The average Bonchev–Trinajstić information content (AvgIpc) is 3.21. The number of ether oxygens (including phenoxy) is 1. The number of aliphatic carboxylic acids is 1. The third-order valence-corrected chi connectivity index (χ3v) is 6.62. The molecule has 2 aromatic rings. The minimum Gasteiger partial charge on any atom is -0.481 e. The van der Waals surface area contributed by atoms with Crippen molar-refractivity contribution in [2.75, 3.05) is 31.2 Å². The van der Waals surface area contributed by atoms with Crippen LogP contribution in [0.4, 0.5) is 5.69 Å². The Labute approximate surface area is 153 Å². The SMILES string of the molecule is C[C@@]1(C(=O)O)[C@@H](c2ccccc2)[C@@H]1c1ccc(N2CC3(COC3)C2)cc1. The minimum atomic E-state index is -0.729. The van der Waals surface area contributed by atoms with Gasteiger partial charge in [0, 0.05) is 30.6 Å². The highest BCUT2D eigenvalue weighted by Crippen LogP contribution is 2.70. The summed E-state index contributed by atoms with van der Waals surface area (Å²) in [6.07, 6.45) is 0. The molecule has 3 fully saturated rings. The third kappa shape index (κ3) is 2.15.